The van der Waals surface area contributed by atoms with Crippen molar-refractivity contribution in [3.63, 3.8) is 0 Å². The molecule has 0 heteroatoms. The van der Waals surface area contributed by atoms with E-state index in [0.717, 1.165) is 29.6 Å². The molecule has 0 radical (unpaired) electrons. The third-order valence-corrected chi connectivity index (χ3v) is 5.27. The zero-order valence-corrected chi connectivity index (χ0v) is 9.80. The summed E-state index contributed by atoms with van der Waals surface area (Å²) in [5.74, 6) is 4.95. The molecule has 1 unspecified atom stereocenters. The van der Waals surface area contributed by atoms with E-state index in [1.165, 1.54) is 12.8 Å². The maximum atomic E-state index is 2.49. The van der Waals surface area contributed by atoms with Crippen molar-refractivity contribution in [2.24, 2.45) is 35.0 Å². The second-order valence-corrected chi connectivity index (χ2v) is 6.36. The summed E-state index contributed by atoms with van der Waals surface area (Å²) in [6.07, 6.45) is 3.03. The van der Waals surface area contributed by atoms with Crippen LogP contribution < -0.4 is 0 Å². The molecule has 2 bridgehead atoms. The number of fused-ring (bicyclic) bond motifs is 2. The molecule has 0 aromatic heterocycles. The van der Waals surface area contributed by atoms with Gasteiger partial charge in [-0.15, -0.1) is 0 Å². The quantitative estimate of drug-likeness (QED) is 0.573. The lowest BCUT2D eigenvalue weighted by atomic mass is 9.42. The van der Waals surface area contributed by atoms with Gasteiger partial charge < -0.3 is 0 Å². The SMILES string of the molecule is CC(C)C1C[C@@H]2C[C@H]([C@H]1C)C2(C)C. The van der Waals surface area contributed by atoms with Gasteiger partial charge in [-0.1, -0.05) is 34.6 Å². The second kappa shape index (κ2) is 2.74. The first kappa shape index (κ1) is 9.55. The zero-order valence-electron chi connectivity index (χ0n) is 9.80. The van der Waals surface area contributed by atoms with Crippen LogP contribution in [0.3, 0.4) is 0 Å². The molecule has 0 aromatic carbocycles. The molecule has 0 amide bonds. The molecule has 3 aliphatic rings. The second-order valence-electron chi connectivity index (χ2n) is 6.36. The molecule has 3 saturated carbocycles. The van der Waals surface area contributed by atoms with Crippen LogP contribution >= 0.6 is 0 Å². The van der Waals surface area contributed by atoms with E-state index in [9.17, 15) is 0 Å². The summed E-state index contributed by atoms with van der Waals surface area (Å²) in [4.78, 5) is 0. The predicted octanol–water partition coefficient (Wildman–Crippen LogP) is 3.96. The Hall–Kier alpha value is 0. The topological polar surface area (TPSA) is 0 Å². The highest BCUT2D eigenvalue weighted by atomic mass is 14.6. The molecule has 3 rings (SSSR count). The highest BCUT2D eigenvalue weighted by molar-refractivity contribution is 5.05. The summed E-state index contributed by atoms with van der Waals surface area (Å²) in [6, 6.07) is 0. The molecule has 13 heavy (non-hydrogen) atoms. The maximum Gasteiger partial charge on any atom is -0.0295 e. The summed E-state index contributed by atoms with van der Waals surface area (Å²) in [5, 5.41) is 0. The third kappa shape index (κ3) is 1.17. The van der Waals surface area contributed by atoms with Gasteiger partial charge in [-0.2, -0.15) is 0 Å². The van der Waals surface area contributed by atoms with Crippen molar-refractivity contribution < 1.29 is 0 Å². The predicted molar refractivity (Wildman–Crippen MR) is 57.5 cm³/mol. The molecule has 3 fully saturated rings. The van der Waals surface area contributed by atoms with Gasteiger partial charge in [-0.05, 0) is 47.8 Å². The normalized spacial score (nSPS) is 47.5. The van der Waals surface area contributed by atoms with Gasteiger partial charge >= 0.3 is 0 Å². The van der Waals surface area contributed by atoms with E-state index in [-0.39, 0.29) is 0 Å². The van der Waals surface area contributed by atoms with Gasteiger partial charge in [-0.3, -0.25) is 0 Å². The lowest BCUT2D eigenvalue weighted by Crippen LogP contribution is -2.55. The summed E-state index contributed by atoms with van der Waals surface area (Å²) in [5.41, 5.74) is 0.671. The standard InChI is InChI=1S/C13H24/c1-8(2)11-6-10-7-12(9(11)3)13(10,4)5/h8-12H,6-7H2,1-5H3/t9-,10+,11?,12+/m0/s1. The van der Waals surface area contributed by atoms with E-state index in [2.05, 4.69) is 34.6 Å². The lowest BCUT2D eigenvalue weighted by Gasteiger charge is -2.63. The molecule has 4 atom stereocenters. The Kier molecular flexibility index (Phi) is 2.02. The molecule has 0 N–H and O–H groups in total. The van der Waals surface area contributed by atoms with Crippen molar-refractivity contribution in [2.45, 2.75) is 47.5 Å². The number of rotatable bonds is 1. The van der Waals surface area contributed by atoms with E-state index in [1.54, 1.807) is 0 Å². The third-order valence-electron chi connectivity index (χ3n) is 5.27. The minimum absolute atomic E-state index is 0.671. The minimum atomic E-state index is 0.671. The van der Waals surface area contributed by atoms with Crippen LogP contribution in [-0.4, -0.2) is 0 Å². The summed E-state index contributed by atoms with van der Waals surface area (Å²) in [7, 11) is 0. The highest BCUT2D eigenvalue weighted by Gasteiger charge is 2.56. The lowest BCUT2D eigenvalue weighted by molar-refractivity contribution is -0.137. The molecule has 0 saturated heterocycles. The van der Waals surface area contributed by atoms with E-state index < -0.39 is 0 Å². The Balaban J connectivity index is 2.12. The van der Waals surface area contributed by atoms with Crippen LogP contribution in [0.1, 0.15) is 47.5 Å². The van der Waals surface area contributed by atoms with Crippen LogP contribution in [0.25, 0.3) is 0 Å². The van der Waals surface area contributed by atoms with Crippen molar-refractivity contribution in [3.8, 4) is 0 Å². The van der Waals surface area contributed by atoms with Gasteiger partial charge in [0.25, 0.3) is 0 Å². The van der Waals surface area contributed by atoms with Crippen LogP contribution in [0.4, 0.5) is 0 Å². The van der Waals surface area contributed by atoms with Gasteiger partial charge in [-0.25, -0.2) is 0 Å². The largest absolute Gasteiger partial charge is 0.0625 e. The summed E-state index contributed by atoms with van der Waals surface area (Å²) < 4.78 is 0. The first-order valence-electron chi connectivity index (χ1n) is 5.94. The van der Waals surface area contributed by atoms with Gasteiger partial charge in [0.15, 0.2) is 0 Å². The summed E-state index contributed by atoms with van der Waals surface area (Å²) in [6.45, 7) is 12.3. The maximum absolute atomic E-state index is 2.49. The average molecular weight is 180 g/mol. The highest BCUT2D eigenvalue weighted by Crippen LogP contribution is 2.63. The number of hydrogen-bond acceptors (Lipinski definition) is 0. The number of hydrogen-bond donors (Lipinski definition) is 0. The van der Waals surface area contributed by atoms with Gasteiger partial charge in [0.1, 0.15) is 0 Å². The average Bonchev–Trinajstić information content (AvgIpc) is 2.02. The van der Waals surface area contributed by atoms with Gasteiger partial charge in [0, 0.05) is 0 Å². The van der Waals surface area contributed by atoms with Crippen LogP contribution in [0.15, 0.2) is 0 Å². The van der Waals surface area contributed by atoms with E-state index in [1.807, 2.05) is 0 Å². The molecule has 76 valence electrons. The Morgan fingerprint density at radius 3 is 2.15 bits per heavy atom. The molecular formula is C13H24. The fourth-order valence-corrected chi connectivity index (χ4v) is 4.07. The Labute approximate surface area is 83.1 Å². The molecular weight excluding hydrogens is 156 g/mol. The van der Waals surface area contributed by atoms with Crippen molar-refractivity contribution in [2.75, 3.05) is 0 Å². The Morgan fingerprint density at radius 1 is 1.15 bits per heavy atom. The minimum Gasteiger partial charge on any atom is -0.0625 e. The smallest absolute Gasteiger partial charge is 0.0295 e. The molecule has 3 aliphatic carbocycles. The van der Waals surface area contributed by atoms with Crippen LogP contribution in [0, 0.1) is 35.0 Å². The molecule has 0 nitrogen and oxygen atoms in total. The fourth-order valence-electron chi connectivity index (χ4n) is 4.07. The van der Waals surface area contributed by atoms with Crippen molar-refractivity contribution in [1.82, 2.24) is 0 Å². The Bertz CT molecular complexity index is 200. The monoisotopic (exact) mass is 180 g/mol. The van der Waals surface area contributed by atoms with E-state index >= 15 is 0 Å². The molecule has 0 spiro atoms. The van der Waals surface area contributed by atoms with Crippen molar-refractivity contribution in [3.05, 3.63) is 0 Å². The molecule has 0 aliphatic heterocycles. The Morgan fingerprint density at radius 2 is 1.77 bits per heavy atom. The molecule has 0 aromatic rings. The van der Waals surface area contributed by atoms with Crippen molar-refractivity contribution >= 4 is 0 Å². The van der Waals surface area contributed by atoms with Crippen LogP contribution in [0.2, 0.25) is 0 Å². The molecule has 0 heterocycles. The first-order valence-corrected chi connectivity index (χ1v) is 5.94. The summed E-state index contributed by atoms with van der Waals surface area (Å²) >= 11 is 0. The fraction of sp³-hybridized carbons (Fsp3) is 1.00. The van der Waals surface area contributed by atoms with E-state index in [0.29, 0.717) is 5.41 Å². The van der Waals surface area contributed by atoms with Gasteiger partial charge in [0.2, 0.25) is 0 Å². The van der Waals surface area contributed by atoms with E-state index in [4.69, 9.17) is 0 Å². The van der Waals surface area contributed by atoms with Crippen LogP contribution in [0.5, 0.6) is 0 Å². The van der Waals surface area contributed by atoms with Crippen molar-refractivity contribution in [1.29, 1.82) is 0 Å². The van der Waals surface area contributed by atoms with Gasteiger partial charge in [0.05, 0.1) is 0 Å². The van der Waals surface area contributed by atoms with Crippen LogP contribution in [-0.2, 0) is 0 Å². The zero-order chi connectivity index (χ0) is 9.80. The first-order chi connectivity index (χ1) is 5.94.